The van der Waals surface area contributed by atoms with Gasteiger partial charge in [-0.25, -0.2) is 8.78 Å². The van der Waals surface area contributed by atoms with Crippen LogP contribution in [0.25, 0.3) is 10.9 Å². The summed E-state index contributed by atoms with van der Waals surface area (Å²) in [5, 5.41) is 9.76. The predicted molar refractivity (Wildman–Crippen MR) is 179 cm³/mol. The number of amides is 3. The van der Waals surface area contributed by atoms with Gasteiger partial charge >= 0.3 is 24.2 Å². The molecule has 3 aromatic carbocycles. The quantitative estimate of drug-likeness (QED) is 0.229. The highest BCUT2D eigenvalue weighted by Gasteiger charge is 2.49. The largest absolute Gasteiger partial charge is 0.471 e. The number of halogens is 8. The molecule has 3 amide bonds. The zero-order chi connectivity index (χ0) is 38.2. The number of benzene rings is 3. The first kappa shape index (κ1) is 37.5. The second-order valence-corrected chi connectivity index (χ2v) is 13.1. The van der Waals surface area contributed by atoms with Gasteiger partial charge in [-0.1, -0.05) is 6.07 Å². The summed E-state index contributed by atoms with van der Waals surface area (Å²) in [5.41, 5.74) is 0.781. The molecule has 6 rings (SSSR count). The fourth-order valence-corrected chi connectivity index (χ4v) is 6.70. The van der Waals surface area contributed by atoms with Crippen molar-refractivity contribution < 1.29 is 49.5 Å². The number of alkyl halides is 6. The number of carbonyl (C=O) groups excluding carboxylic acids is 3. The lowest BCUT2D eigenvalue weighted by atomic mass is 10.00. The Kier molecular flexibility index (Phi) is 10.4. The zero-order valence-electron chi connectivity index (χ0n) is 28.1. The molecule has 0 saturated carbocycles. The van der Waals surface area contributed by atoms with Gasteiger partial charge in [-0.05, 0) is 79.9 Å². The van der Waals surface area contributed by atoms with Crippen molar-refractivity contribution in [2.75, 3.05) is 61.4 Å². The van der Waals surface area contributed by atoms with Gasteiger partial charge in [0.25, 0.3) is 5.91 Å². The number of piperidine rings is 1. The Bertz CT molecular complexity index is 2000. The predicted octanol–water partition coefficient (Wildman–Crippen LogP) is 5.88. The average Bonchev–Trinajstić information content (AvgIpc) is 3.48. The van der Waals surface area contributed by atoms with E-state index in [0.717, 1.165) is 18.2 Å². The van der Waals surface area contributed by atoms with Crippen LogP contribution in [-0.4, -0.2) is 102 Å². The molecular formula is C35H33F8N7O3. The zero-order valence-corrected chi connectivity index (χ0v) is 28.1. The average molecular weight is 752 g/mol. The molecule has 0 radical (unpaired) electrons. The first-order valence-electron chi connectivity index (χ1n) is 16.6. The van der Waals surface area contributed by atoms with Gasteiger partial charge in [-0.2, -0.15) is 31.4 Å². The first-order chi connectivity index (χ1) is 25.0. The molecule has 1 unspecified atom stereocenters. The van der Waals surface area contributed by atoms with Crippen LogP contribution >= 0.6 is 0 Å². The Hall–Kier alpha value is -5.26. The SMILES string of the molecule is CN1CCN(c2ccc(C(=O)Nc3n[nH]c4ccc(Cc5cc(F)cc(F)c5)cc34)c(N(C(=O)C(F)(F)F)C3CCCN(C(=O)C(F)(F)F)C3)c2)CC1. The molecule has 0 aliphatic carbocycles. The normalized spacial score (nSPS) is 17.3. The molecule has 53 heavy (non-hydrogen) atoms. The fraction of sp³-hybridized carbons (Fsp3) is 0.371. The third-order valence-corrected chi connectivity index (χ3v) is 9.30. The van der Waals surface area contributed by atoms with Crippen molar-refractivity contribution in [2.24, 2.45) is 0 Å². The monoisotopic (exact) mass is 751 g/mol. The lowest BCUT2D eigenvalue weighted by Crippen LogP contribution is -2.57. The smallest absolute Gasteiger partial charge is 0.369 e. The third kappa shape index (κ3) is 8.37. The summed E-state index contributed by atoms with van der Waals surface area (Å²) in [7, 11) is 1.89. The molecule has 2 aliphatic heterocycles. The number of hydrogen-bond donors (Lipinski definition) is 2. The van der Waals surface area contributed by atoms with Gasteiger partial charge in [0.2, 0.25) is 0 Å². The van der Waals surface area contributed by atoms with Crippen LogP contribution in [0.4, 0.5) is 52.3 Å². The summed E-state index contributed by atoms with van der Waals surface area (Å²) in [4.78, 5) is 43.9. The molecule has 1 aromatic heterocycles. The summed E-state index contributed by atoms with van der Waals surface area (Å²) in [5.74, 6) is -7.25. The van der Waals surface area contributed by atoms with Gasteiger partial charge in [-0.3, -0.25) is 24.4 Å². The molecule has 18 heteroatoms. The van der Waals surface area contributed by atoms with E-state index in [1.807, 2.05) is 16.8 Å². The third-order valence-electron chi connectivity index (χ3n) is 9.30. The summed E-state index contributed by atoms with van der Waals surface area (Å²) < 4.78 is 111. The molecule has 10 nitrogen and oxygen atoms in total. The van der Waals surface area contributed by atoms with E-state index in [2.05, 4.69) is 15.5 Å². The highest BCUT2D eigenvalue weighted by Crippen LogP contribution is 2.36. The van der Waals surface area contributed by atoms with Crippen LogP contribution in [0.15, 0.2) is 54.6 Å². The van der Waals surface area contributed by atoms with Crippen molar-refractivity contribution in [2.45, 2.75) is 37.7 Å². The molecule has 0 bridgehead atoms. The minimum atomic E-state index is -5.51. The van der Waals surface area contributed by atoms with Crippen LogP contribution in [0, 0.1) is 11.6 Å². The van der Waals surface area contributed by atoms with Crippen molar-refractivity contribution in [1.82, 2.24) is 20.0 Å². The van der Waals surface area contributed by atoms with E-state index in [1.165, 1.54) is 18.2 Å². The number of likely N-dealkylation sites (N-methyl/N-ethyl adjacent to an activating group) is 1. The van der Waals surface area contributed by atoms with Gasteiger partial charge in [0.05, 0.1) is 22.8 Å². The number of H-pyrrole nitrogens is 1. The molecule has 2 saturated heterocycles. The lowest BCUT2D eigenvalue weighted by molar-refractivity contribution is -0.186. The van der Waals surface area contributed by atoms with Crippen LogP contribution in [0.3, 0.4) is 0 Å². The van der Waals surface area contributed by atoms with Crippen molar-refractivity contribution in [3.63, 3.8) is 0 Å². The molecule has 2 N–H and O–H groups in total. The maximum atomic E-state index is 14.3. The number of piperazine rings is 1. The van der Waals surface area contributed by atoms with E-state index >= 15 is 0 Å². The molecule has 2 aliphatic rings. The molecule has 4 aromatic rings. The van der Waals surface area contributed by atoms with Gasteiger partial charge in [0.1, 0.15) is 11.6 Å². The number of fused-ring (bicyclic) bond motifs is 1. The Balaban J connectivity index is 1.39. The van der Waals surface area contributed by atoms with E-state index < -0.39 is 65.5 Å². The molecule has 1 atom stereocenters. The molecule has 282 valence electrons. The van der Waals surface area contributed by atoms with Crippen molar-refractivity contribution in [3.8, 4) is 0 Å². The van der Waals surface area contributed by atoms with Crippen LogP contribution in [-0.2, 0) is 16.0 Å². The fourth-order valence-electron chi connectivity index (χ4n) is 6.70. The highest BCUT2D eigenvalue weighted by molar-refractivity contribution is 6.13. The van der Waals surface area contributed by atoms with E-state index in [9.17, 15) is 49.5 Å². The van der Waals surface area contributed by atoms with Gasteiger partial charge in [0, 0.05) is 56.4 Å². The highest BCUT2D eigenvalue weighted by atomic mass is 19.4. The molecule has 3 heterocycles. The Labute approximate surface area is 297 Å². The molecular weight excluding hydrogens is 718 g/mol. The van der Waals surface area contributed by atoms with E-state index in [0.29, 0.717) is 58.8 Å². The van der Waals surface area contributed by atoms with E-state index in [-0.39, 0.29) is 36.5 Å². The number of anilines is 3. The maximum Gasteiger partial charge on any atom is 0.471 e. The summed E-state index contributed by atoms with van der Waals surface area (Å²) >= 11 is 0. The minimum absolute atomic E-state index is 0.0559. The number of likely N-dealkylation sites (tertiary alicyclic amines) is 1. The number of hydrogen-bond acceptors (Lipinski definition) is 6. The number of aromatic amines is 1. The lowest BCUT2D eigenvalue weighted by Gasteiger charge is -2.40. The van der Waals surface area contributed by atoms with Crippen molar-refractivity contribution >= 4 is 45.8 Å². The van der Waals surface area contributed by atoms with Crippen LogP contribution in [0.1, 0.15) is 34.3 Å². The molecule has 0 spiro atoms. The topological polar surface area (TPSA) is 105 Å². The molecule has 2 fully saturated rings. The standard InChI is InChI=1S/C35H33F8N7O3/c1-47-9-11-48(12-10-47)24-5-6-26(29(18-24)50(33(53)35(41,42)43)25-3-2-8-49(19-25)32(52)34(38,39)40)31(51)44-30-27-16-20(4-7-28(27)45-46-30)13-21-14-22(36)17-23(37)15-21/h4-7,14-18,25H,2-3,8-13,19H2,1H3,(H2,44,45,46,51). The van der Waals surface area contributed by atoms with E-state index in [1.54, 1.807) is 18.2 Å². The summed E-state index contributed by atoms with van der Waals surface area (Å²) in [6, 6.07) is 10.3. The number of carbonyl (C=O) groups is 3. The Morgan fingerprint density at radius 1 is 0.868 bits per heavy atom. The Morgan fingerprint density at radius 3 is 2.23 bits per heavy atom. The number of nitrogens with one attached hydrogen (secondary N) is 2. The van der Waals surface area contributed by atoms with Crippen LogP contribution < -0.4 is 15.1 Å². The maximum absolute atomic E-state index is 14.3. The first-order valence-corrected chi connectivity index (χ1v) is 16.6. The second kappa shape index (κ2) is 14.6. The van der Waals surface area contributed by atoms with Crippen molar-refractivity contribution in [1.29, 1.82) is 0 Å². The van der Waals surface area contributed by atoms with Crippen LogP contribution in [0.2, 0.25) is 0 Å². The second-order valence-electron chi connectivity index (χ2n) is 13.1. The van der Waals surface area contributed by atoms with Gasteiger partial charge in [-0.15, -0.1) is 0 Å². The number of aromatic nitrogens is 2. The van der Waals surface area contributed by atoms with E-state index in [4.69, 9.17) is 0 Å². The van der Waals surface area contributed by atoms with Gasteiger partial charge < -0.3 is 20.0 Å². The van der Waals surface area contributed by atoms with Crippen molar-refractivity contribution in [3.05, 3.63) is 82.9 Å². The minimum Gasteiger partial charge on any atom is -0.369 e. The number of nitrogens with zero attached hydrogens (tertiary/aromatic N) is 5. The van der Waals surface area contributed by atoms with Gasteiger partial charge in [0.15, 0.2) is 5.82 Å². The van der Waals surface area contributed by atoms with Crippen LogP contribution in [0.5, 0.6) is 0 Å². The number of rotatable bonds is 7. The Morgan fingerprint density at radius 2 is 1.57 bits per heavy atom. The summed E-state index contributed by atoms with van der Waals surface area (Å²) in [6.45, 7) is 0.859. The summed E-state index contributed by atoms with van der Waals surface area (Å²) in [6.07, 6.45) is -11.0.